The van der Waals surface area contributed by atoms with E-state index >= 15 is 0 Å². The lowest BCUT2D eigenvalue weighted by atomic mass is 10.0. The summed E-state index contributed by atoms with van der Waals surface area (Å²) < 4.78 is 13.9. The molecule has 3 nitrogen and oxygen atoms in total. The fourth-order valence-corrected chi connectivity index (χ4v) is 4.15. The summed E-state index contributed by atoms with van der Waals surface area (Å²) in [6, 6.07) is 21.7. The molecule has 3 aromatic rings. The number of nitrogens with zero attached hydrogens (tertiary/aromatic N) is 1. The van der Waals surface area contributed by atoms with Crippen molar-refractivity contribution in [2.75, 3.05) is 6.61 Å². The van der Waals surface area contributed by atoms with Crippen LogP contribution in [0.2, 0.25) is 5.02 Å². The van der Waals surface area contributed by atoms with Crippen LogP contribution in [0.4, 0.5) is 0 Å². The Morgan fingerprint density at radius 3 is 2.47 bits per heavy atom. The van der Waals surface area contributed by atoms with Gasteiger partial charge in [0.25, 0.3) is 0 Å². The number of allylic oxidation sites excluding steroid dienone is 1. The highest BCUT2D eigenvalue weighted by atomic mass is 127. The van der Waals surface area contributed by atoms with Gasteiger partial charge in [-0.05, 0) is 99.6 Å². The first-order chi connectivity index (χ1) is 14.5. The lowest BCUT2D eigenvalue weighted by Gasteiger charge is -2.15. The Morgan fingerprint density at radius 2 is 1.80 bits per heavy atom. The van der Waals surface area contributed by atoms with Gasteiger partial charge in [0.15, 0.2) is 11.5 Å². The van der Waals surface area contributed by atoms with Crippen LogP contribution in [-0.4, -0.2) is 6.61 Å². The minimum Gasteiger partial charge on any atom is -0.490 e. The van der Waals surface area contributed by atoms with E-state index in [-0.39, 0.29) is 0 Å². The van der Waals surface area contributed by atoms with Gasteiger partial charge in [0.1, 0.15) is 6.61 Å². The fourth-order valence-electron chi connectivity index (χ4n) is 2.82. The number of benzene rings is 3. The third kappa shape index (κ3) is 5.90. The molecular weight excluding hydrogens is 624 g/mol. The van der Waals surface area contributed by atoms with E-state index in [1.54, 1.807) is 0 Å². The van der Waals surface area contributed by atoms with E-state index in [2.05, 4.69) is 51.3 Å². The van der Waals surface area contributed by atoms with Gasteiger partial charge in [0.2, 0.25) is 0 Å². The van der Waals surface area contributed by atoms with E-state index in [9.17, 15) is 5.26 Å². The molecule has 0 N–H and O–H groups in total. The van der Waals surface area contributed by atoms with Gasteiger partial charge in [-0.15, -0.1) is 0 Å². The standard InChI is InChI=1S/C24H18ClI2NO2/c1-2-29-23-13-16(11-19(14-28)17-7-9-20(26)10-8-17)12-22(27)24(23)30-15-18-5-3-4-6-21(18)25/h3-13H,2,15H2,1H3/b19-11-. The van der Waals surface area contributed by atoms with E-state index < -0.39 is 0 Å². The zero-order valence-electron chi connectivity index (χ0n) is 16.2. The van der Waals surface area contributed by atoms with Crippen LogP contribution in [0.25, 0.3) is 11.6 Å². The Balaban J connectivity index is 1.93. The van der Waals surface area contributed by atoms with Gasteiger partial charge in [-0.25, -0.2) is 0 Å². The molecule has 0 saturated heterocycles. The van der Waals surface area contributed by atoms with E-state index in [4.69, 9.17) is 21.1 Å². The molecule has 0 bridgehead atoms. The van der Waals surface area contributed by atoms with Gasteiger partial charge >= 0.3 is 0 Å². The van der Waals surface area contributed by atoms with Crippen LogP contribution >= 0.6 is 56.8 Å². The van der Waals surface area contributed by atoms with Crippen molar-refractivity contribution in [1.82, 2.24) is 0 Å². The summed E-state index contributed by atoms with van der Waals surface area (Å²) in [4.78, 5) is 0. The molecule has 0 aromatic heterocycles. The minimum absolute atomic E-state index is 0.344. The topological polar surface area (TPSA) is 42.2 Å². The Bertz CT molecular complexity index is 1110. The van der Waals surface area contributed by atoms with Crippen molar-refractivity contribution >= 4 is 68.4 Å². The molecule has 30 heavy (non-hydrogen) atoms. The van der Waals surface area contributed by atoms with Crippen LogP contribution in [0.5, 0.6) is 11.5 Å². The molecule has 0 amide bonds. The zero-order chi connectivity index (χ0) is 21.5. The van der Waals surface area contributed by atoms with Crippen LogP contribution in [0, 0.1) is 18.5 Å². The number of rotatable bonds is 7. The highest BCUT2D eigenvalue weighted by molar-refractivity contribution is 14.1. The Labute approximate surface area is 208 Å². The van der Waals surface area contributed by atoms with Gasteiger partial charge in [0, 0.05) is 14.2 Å². The second-order valence-corrected chi connectivity index (χ2v) is 9.13. The summed E-state index contributed by atoms with van der Waals surface area (Å²) >= 11 is 10.7. The molecule has 0 saturated carbocycles. The highest BCUT2D eigenvalue weighted by Gasteiger charge is 2.13. The van der Waals surface area contributed by atoms with Crippen LogP contribution in [0.3, 0.4) is 0 Å². The molecular formula is C24H18ClI2NO2. The molecule has 0 aliphatic carbocycles. The first-order valence-electron chi connectivity index (χ1n) is 9.22. The molecule has 3 rings (SSSR count). The predicted octanol–water partition coefficient (Wildman–Crippen LogP) is 7.59. The van der Waals surface area contributed by atoms with E-state index in [0.29, 0.717) is 35.3 Å². The Hall–Kier alpha value is -1.76. The molecule has 3 aromatic carbocycles. The highest BCUT2D eigenvalue weighted by Crippen LogP contribution is 2.36. The first-order valence-corrected chi connectivity index (χ1v) is 11.8. The lowest BCUT2D eigenvalue weighted by molar-refractivity contribution is 0.267. The van der Waals surface area contributed by atoms with Crippen molar-refractivity contribution in [2.45, 2.75) is 13.5 Å². The van der Waals surface area contributed by atoms with E-state index in [0.717, 1.165) is 23.8 Å². The number of nitriles is 1. The molecule has 0 atom stereocenters. The second kappa shape index (κ2) is 11.0. The summed E-state index contributed by atoms with van der Waals surface area (Å²) in [5.41, 5.74) is 3.26. The third-order valence-corrected chi connectivity index (χ3v) is 6.14. The summed E-state index contributed by atoms with van der Waals surface area (Å²) in [5, 5.41) is 10.3. The maximum absolute atomic E-state index is 9.65. The lowest BCUT2D eigenvalue weighted by Crippen LogP contribution is -2.02. The summed E-state index contributed by atoms with van der Waals surface area (Å²) in [5.74, 6) is 1.31. The SMILES string of the molecule is CCOc1cc(/C=C(/C#N)c2ccc(I)cc2)cc(I)c1OCc1ccccc1Cl. The van der Waals surface area contributed by atoms with Crippen molar-refractivity contribution in [3.63, 3.8) is 0 Å². The number of ether oxygens (including phenoxy) is 2. The van der Waals surface area contributed by atoms with Crippen molar-refractivity contribution < 1.29 is 9.47 Å². The largest absolute Gasteiger partial charge is 0.490 e. The van der Waals surface area contributed by atoms with Gasteiger partial charge in [-0.1, -0.05) is 41.9 Å². The third-order valence-electron chi connectivity index (χ3n) is 4.25. The number of hydrogen-bond acceptors (Lipinski definition) is 3. The molecule has 0 aliphatic heterocycles. The summed E-state index contributed by atoms with van der Waals surface area (Å²) in [6.07, 6.45) is 1.87. The van der Waals surface area contributed by atoms with Gasteiger partial charge in [-0.2, -0.15) is 5.26 Å². The zero-order valence-corrected chi connectivity index (χ0v) is 21.2. The maximum Gasteiger partial charge on any atom is 0.175 e. The molecule has 0 unspecified atom stereocenters. The van der Waals surface area contributed by atoms with Crippen molar-refractivity contribution in [2.24, 2.45) is 0 Å². The molecule has 0 fully saturated rings. The van der Waals surface area contributed by atoms with Crippen molar-refractivity contribution in [3.05, 3.63) is 89.5 Å². The van der Waals surface area contributed by atoms with Crippen molar-refractivity contribution in [3.8, 4) is 17.6 Å². The smallest absolute Gasteiger partial charge is 0.175 e. The molecule has 6 heteroatoms. The van der Waals surface area contributed by atoms with Gasteiger partial charge in [0.05, 0.1) is 21.8 Å². The summed E-state index contributed by atoms with van der Waals surface area (Å²) in [7, 11) is 0. The second-order valence-electron chi connectivity index (χ2n) is 6.32. The first kappa shape index (κ1) is 22.9. The fraction of sp³-hybridized carbons (Fsp3) is 0.125. The predicted molar refractivity (Wildman–Crippen MR) is 139 cm³/mol. The van der Waals surface area contributed by atoms with Crippen LogP contribution in [-0.2, 0) is 6.61 Å². The van der Waals surface area contributed by atoms with E-state index in [1.807, 2.05) is 73.7 Å². The quantitative estimate of drug-likeness (QED) is 0.152. The average molecular weight is 642 g/mol. The number of halogens is 3. The van der Waals surface area contributed by atoms with Gasteiger partial charge in [-0.3, -0.25) is 0 Å². The Morgan fingerprint density at radius 1 is 1.07 bits per heavy atom. The van der Waals surface area contributed by atoms with Gasteiger partial charge < -0.3 is 9.47 Å². The van der Waals surface area contributed by atoms with Crippen LogP contribution in [0.1, 0.15) is 23.6 Å². The Kier molecular flexibility index (Phi) is 8.42. The molecule has 0 heterocycles. The van der Waals surface area contributed by atoms with Crippen LogP contribution < -0.4 is 9.47 Å². The van der Waals surface area contributed by atoms with Crippen LogP contribution in [0.15, 0.2) is 60.7 Å². The molecule has 152 valence electrons. The maximum atomic E-state index is 9.65. The monoisotopic (exact) mass is 641 g/mol. The molecule has 0 spiro atoms. The molecule has 0 aliphatic rings. The normalized spacial score (nSPS) is 11.1. The van der Waals surface area contributed by atoms with E-state index in [1.165, 1.54) is 0 Å². The molecule has 0 radical (unpaired) electrons. The average Bonchev–Trinajstić information content (AvgIpc) is 2.73. The minimum atomic E-state index is 0.344. The summed E-state index contributed by atoms with van der Waals surface area (Å²) in [6.45, 7) is 2.78. The number of hydrogen-bond donors (Lipinski definition) is 0. The van der Waals surface area contributed by atoms with Crippen molar-refractivity contribution in [1.29, 1.82) is 5.26 Å².